The number of carbonyl (C=O) groups is 1. The summed E-state index contributed by atoms with van der Waals surface area (Å²) < 4.78 is 17.1. The molecular formula is C24H18N2O4. The van der Waals surface area contributed by atoms with E-state index in [1.165, 1.54) is 0 Å². The summed E-state index contributed by atoms with van der Waals surface area (Å²) >= 11 is 0. The Morgan fingerprint density at radius 3 is 2.73 bits per heavy atom. The number of para-hydroxylation sites is 2. The van der Waals surface area contributed by atoms with Crippen molar-refractivity contribution in [2.75, 3.05) is 19.0 Å². The molecule has 0 aliphatic carbocycles. The monoisotopic (exact) mass is 398 g/mol. The van der Waals surface area contributed by atoms with Crippen LogP contribution in [-0.2, 0) is 4.79 Å². The maximum absolute atomic E-state index is 12.6. The number of hydrogen-bond acceptors (Lipinski definition) is 5. The van der Waals surface area contributed by atoms with Crippen LogP contribution in [-0.4, -0.2) is 24.6 Å². The van der Waals surface area contributed by atoms with Crippen LogP contribution in [0.25, 0.3) is 32.8 Å². The second kappa shape index (κ2) is 7.40. The van der Waals surface area contributed by atoms with Crippen LogP contribution in [0.1, 0.15) is 0 Å². The molecule has 5 aromatic rings. The molecule has 0 atom stereocenters. The van der Waals surface area contributed by atoms with Crippen molar-refractivity contribution in [1.82, 2.24) is 4.98 Å². The number of anilines is 1. The van der Waals surface area contributed by atoms with Gasteiger partial charge in [-0.15, -0.1) is 0 Å². The number of rotatable bonds is 5. The Morgan fingerprint density at radius 1 is 0.967 bits per heavy atom. The average Bonchev–Trinajstić information content (AvgIpc) is 3.14. The molecule has 0 spiro atoms. The van der Waals surface area contributed by atoms with Gasteiger partial charge in [0.1, 0.15) is 28.2 Å². The Kier molecular flexibility index (Phi) is 4.44. The standard InChI is InChI=1S/C24H18N2O4/c1-28-22-12-17-16-8-2-3-9-19(16)30-21(17)13-18(22)26-23(27)14-29-20-10-4-6-15-7-5-11-25-24(15)20/h2-13H,14H2,1H3,(H,26,27). The van der Waals surface area contributed by atoms with E-state index in [0.717, 1.165) is 21.7 Å². The number of methoxy groups -OCH3 is 1. The van der Waals surface area contributed by atoms with Crippen LogP contribution >= 0.6 is 0 Å². The van der Waals surface area contributed by atoms with Crippen molar-refractivity contribution in [3.8, 4) is 11.5 Å². The summed E-state index contributed by atoms with van der Waals surface area (Å²) in [4.78, 5) is 16.9. The fourth-order valence-corrected chi connectivity index (χ4v) is 3.54. The maximum atomic E-state index is 12.6. The summed E-state index contributed by atoms with van der Waals surface area (Å²) in [7, 11) is 1.57. The first kappa shape index (κ1) is 18.0. The van der Waals surface area contributed by atoms with Gasteiger partial charge in [0, 0.05) is 28.4 Å². The highest BCUT2D eigenvalue weighted by molar-refractivity contribution is 6.07. The third kappa shape index (κ3) is 3.18. The molecule has 30 heavy (non-hydrogen) atoms. The van der Waals surface area contributed by atoms with Gasteiger partial charge in [-0.05, 0) is 24.3 Å². The second-order valence-electron chi connectivity index (χ2n) is 6.81. The molecule has 2 heterocycles. The molecule has 6 nitrogen and oxygen atoms in total. The average molecular weight is 398 g/mol. The number of hydrogen-bond donors (Lipinski definition) is 1. The SMILES string of the molecule is COc1cc2c(cc1NC(=O)COc1cccc3cccnc13)oc1ccccc12. The fourth-order valence-electron chi connectivity index (χ4n) is 3.54. The number of pyridine rings is 1. The predicted octanol–water partition coefficient (Wildman–Crippen LogP) is 5.16. The number of aromatic nitrogens is 1. The smallest absolute Gasteiger partial charge is 0.262 e. The minimum absolute atomic E-state index is 0.156. The van der Waals surface area contributed by atoms with Crippen molar-refractivity contribution in [3.05, 3.63) is 72.9 Å². The number of fused-ring (bicyclic) bond motifs is 4. The van der Waals surface area contributed by atoms with E-state index in [4.69, 9.17) is 13.9 Å². The van der Waals surface area contributed by atoms with E-state index in [1.807, 2.05) is 54.6 Å². The molecule has 0 fully saturated rings. The van der Waals surface area contributed by atoms with E-state index in [9.17, 15) is 4.79 Å². The van der Waals surface area contributed by atoms with Crippen LogP contribution in [0.4, 0.5) is 5.69 Å². The molecule has 0 unspecified atom stereocenters. The lowest BCUT2D eigenvalue weighted by atomic mass is 10.1. The Hall–Kier alpha value is -4.06. The first-order valence-electron chi connectivity index (χ1n) is 9.48. The van der Waals surface area contributed by atoms with Gasteiger partial charge in [-0.2, -0.15) is 0 Å². The number of carbonyl (C=O) groups excluding carboxylic acids is 1. The number of ether oxygens (including phenoxy) is 2. The Balaban J connectivity index is 1.39. The lowest BCUT2D eigenvalue weighted by Crippen LogP contribution is -2.20. The van der Waals surface area contributed by atoms with Crippen molar-refractivity contribution in [2.24, 2.45) is 0 Å². The summed E-state index contributed by atoms with van der Waals surface area (Å²) in [5.74, 6) is 0.800. The van der Waals surface area contributed by atoms with Crippen LogP contribution in [0.15, 0.2) is 77.3 Å². The highest BCUT2D eigenvalue weighted by Crippen LogP contribution is 2.36. The summed E-state index contributed by atoms with van der Waals surface area (Å²) in [6, 6.07) is 20.8. The third-order valence-corrected chi connectivity index (χ3v) is 4.93. The van der Waals surface area contributed by atoms with Gasteiger partial charge < -0.3 is 19.2 Å². The highest BCUT2D eigenvalue weighted by atomic mass is 16.5. The van der Waals surface area contributed by atoms with Gasteiger partial charge >= 0.3 is 0 Å². The van der Waals surface area contributed by atoms with Crippen LogP contribution in [0.3, 0.4) is 0 Å². The first-order valence-corrected chi connectivity index (χ1v) is 9.48. The first-order chi connectivity index (χ1) is 14.7. The zero-order chi connectivity index (χ0) is 20.5. The largest absolute Gasteiger partial charge is 0.495 e. The lowest BCUT2D eigenvalue weighted by Gasteiger charge is -2.12. The van der Waals surface area contributed by atoms with Gasteiger partial charge in [0.2, 0.25) is 0 Å². The quantitative estimate of drug-likeness (QED) is 0.443. The number of nitrogens with zero attached hydrogens (tertiary/aromatic N) is 1. The molecule has 3 aromatic carbocycles. The molecule has 5 rings (SSSR count). The van der Waals surface area contributed by atoms with Gasteiger partial charge in [-0.3, -0.25) is 9.78 Å². The van der Waals surface area contributed by atoms with Crippen LogP contribution in [0.5, 0.6) is 11.5 Å². The van der Waals surface area contributed by atoms with E-state index in [2.05, 4.69) is 10.3 Å². The highest BCUT2D eigenvalue weighted by Gasteiger charge is 2.15. The molecule has 1 amide bonds. The number of nitrogens with one attached hydrogen (secondary N) is 1. The van der Waals surface area contributed by atoms with Crippen molar-refractivity contribution >= 4 is 44.4 Å². The minimum Gasteiger partial charge on any atom is -0.495 e. The normalized spacial score (nSPS) is 11.1. The van der Waals surface area contributed by atoms with E-state index in [1.54, 1.807) is 25.4 Å². The Labute approximate surface area is 172 Å². The van der Waals surface area contributed by atoms with E-state index >= 15 is 0 Å². The molecule has 1 N–H and O–H groups in total. The summed E-state index contributed by atoms with van der Waals surface area (Å²) in [5, 5.41) is 5.72. The predicted molar refractivity (Wildman–Crippen MR) is 116 cm³/mol. The van der Waals surface area contributed by atoms with Gasteiger partial charge in [-0.1, -0.05) is 36.4 Å². The summed E-state index contributed by atoms with van der Waals surface area (Å²) in [5.41, 5.74) is 2.69. The van der Waals surface area contributed by atoms with E-state index in [-0.39, 0.29) is 12.5 Å². The van der Waals surface area contributed by atoms with Gasteiger partial charge in [0.15, 0.2) is 6.61 Å². The van der Waals surface area contributed by atoms with Crippen molar-refractivity contribution < 1.29 is 18.7 Å². The van der Waals surface area contributed by atoms with Crippen LogP contribution in [0.2, 0.25) is 0 Å². The van der Waals surface area contributed by atoms with Crippen molar-refractivity contribution in [3.63, 3.8) is 0 Å². The lowest BCUT2D eigenvalue weighted by molar-refractivity contribution is -0.118. The van der Waals surface area contributed by atoms with Crippen molar-refractivity contribution in [1.29, 1.82) is 0 Å². The molecule has 0 aliphatic rings. The topological polar surface area (TPSA) is 73.6 Å². The molecule has 6 heteroatoms. The third-order valence-electron chi connectivity index (χ3n) is 4.93. The molecule has 2 aromatic heterocycles. The minimum atomic E-state index is -0.309. The number of amides is 1. The molecule has 0 saturated heterocycles. The van der Waals surface area contributed by atoms with Gasteiger partial charge in [-0.25, -0.2) is 0 Å². The maximum Gasteiger partial charge on any atom is 0.262 e. The molecular weight excluding hydrogens is 380 g/mol. The van der Waals surface area contributed by atoms with E-state index in [0.29, 0.717) is 28.3 Å². The molecule has 0 saturated carbocycles. The summed E-state index contributed by atoms with van der Waals surface area (Å²) in [6.45, 7) is -0.156. The zero-order valence-electron chi connectivity index (χ0n) is 16.2. The second-order valence-corrected chi connectivity index (χ2v) is 6.81. The Bertz CT molecular complexity index is 1390. The molecule has 148 valence electrons. The van der Waals surface area contributed by atoms with Gasteiger partial charge in [0.25, 0.3) is 5.91 Å². The Morgan fingerprint density at radius 2 is 1.83 bits per heavy atom. The van der Waals surface area contributed by atoms with Gasteiger partial charge in [0.05, 0.1) is 12.8 Å². The molecule has 0 radical (unpaired) electrons. The molecule has 0 bridgehead atoms. The molecule has 0 aliphatic heterocycles. The van der Waals surface area contributed by atoms with Crippen LogP contribution < -0.4 is 14.8 Å². The van der Waals surface area contributed by atoms with Crippen LogP contribution in [0, 0.1) is 0 Å². The van der Waals surface area contributed by atoms with E-state index < -0.39 is 0 Å². The number of benzene rings is 3. The zero-order valence-corrected chi connectivity index (χ0v) is 16.2. The fraction of sp³-hybridized carbons (Fsp3) is 0.0833. The number of furan rings is 1. The van der Waals surface area contributed by atoms with Crippen molar-refractivity contribution in [2.45, 2.75) is 0 Å². The summed E-state index contributed by atoms with van der Waals surface area (Å²) in [6.07, 6.45) is 1.70.